The first-order valence-electron chi connectivity index (χ1n) is 5.96. The van der Waals surface area contributed by atoms with Gasteiger partial charge in [-0.3, -0.25) is 4.98 Å². The Hall–Kier alpha value is -2.05. The summed E-state index contributed by atoms with van der Waals surface area (Å²) >= 11 is 11.9. The molecule has 0 N–H and O–H groups in total. The number of hydrogen-bond donors (Lipinski definition) is 0. The molecule has 2 aromatic heterocycles. The first-order chi connectivity index (χ1) is 10.2. The van der Waals surface area contributed by atoms with E-state index in [1.807, 2.05) is 12.1 Å². The number of nitrogens with zero attached hydrogens (tertiary/aromatic N) is 5. The van der Waals surface area contributed by atoms with Crippen LogP contribution in [0.3, 0.4) is 0 Å². The number of benzene rings is 1. The van der Waals surface area contributed by atoms with Gasteiger partial charge in [-0.2, -0.15) is 0 Å². The van der Waals surface area contributed by atoms with E-state index in [1.54, 1.807) is 17.1 Å². The quantitative estimate of drug-likeness (QED) is 0.694. The first kappa shape index (κ1) is 13.9. The highest BCUT2D eigenvalue weighted by Crippen LogP contribution is 2.34. The number of halogens is 3. The lowest BCUT2D eigenvalue weighted by atomic mass is 10.2. The van der Waals surface area contributed by atoms with Crippen molar-refractivity contribution in [2.75, 3.05) is 0 Å². The molecule has 5 nitrogen and oxygen atoms in total. The Morgan fingerprint density at radius 1 is 1.14 bits per heavy atom. The molecule has 0 aliphatic carbocycles. The molecule has 0 saturated carbocycles. The van der Waals surface area contributed by atoms with Crippen LogP contribution in [0.25, 0.3) is 11.4 Å². The maximum Gasteiger partial charge on any atom is 0.183 e. The third-order valence-corrected chi connectivity index (χ3v) is 3.72. The summed E-state index contributed by atoms with van der Waals surface area (Å²) in [7, 11) is 0. The van der Waals surface area contributed by atoms with Gasteiger partial charge in [-0.05, 0) is 34.2 Å². The maximum absolute atomic E-state index is 13.4. The minimum atomic E-state index is -0.586. The van der Waals surface area contributed by atoms with Crippen LogP contribution in [0.2, 0.25) is 10.0 Å². The lowest BCUT2D eigenvalue weighted by Crippen LogP contribution is -2.05. The fourth-order valence-corrected chi connectivity index (χ4v) is 2.27. The van der Waals surface area contributed by atoms with Crippen LogP contribution in [0.5, 0.6) is 0 Å². The van der Waals surface area contributed by atoms with E-state index in [4.69, 9.17) is 23.2 Å². The largest absolute Gasteiger partial charge is 0.264 e. The van der Waals surface area contributed by atoms with Gasteiger partial charge in [0.2, 0.25) is 0 Å². The number of pyridine rings is 1. The van der Waals surface area contributed by atoms with Gasteiger partial charge in [0.1, 0.15) is 5.82 Å². The van der Waals surface area contributed by atoms with Crippen molar-refractivity contribution in [3.8, 4) is 11.4 Å². The number of aromatic nitrogens is 5. The topological polar surface area (TPSA) is 56.5 Å². The van der Waals surface area contributed by atoms with Gasteiger partial charge in [0.15, 0.2) is 5.82 Å². The normalized spacial score (nSPS) is 10.8. The molecule has 0 bridgehead atoms. The average molecular weight is 324 g/mol. The summed E-state index contributed by atoms with van der Waals surface area (Å²) < 4.78 is 14.9. The molecule has 0 unspecified atom stereocenters. The summed E-state index contributed by atoms with van der Waals surface area (Å²) in [5.41, 5.74) is 1.40. The highest BCUT2D eigenvalue weighted by Gasteiger charge is 2.17. The van der Waals surface area contributed by atoms with E-state index in [1.165, 1.54) is 12.1 Å². The van der Waals surface area contributed by atoms with Crippen LogP contribution < -0.4 is 0 Å². The maximum atomic E-state index is 13.4. The highest BCUT2D eigenvalue weighted by atomic mass is 35.5. The Morgan fingerprint density at radius 2 is 2.00 bits per heavy atom. The summed E-state index contributed by atoms with van der Waals surface area (Å²) in [4.78, 5) is 4.03. The smallest absolute Gasteiger partial charge is 0.183 e. The van der Waals surface area contributed by atoms with E-state index in [-0.39, 0.29) is 10.0 Å². The van der Waals surface area contributed by atoms with Crippen LogP contribution in [0.15, 0.2) is 36.7 Å². The van der Waals surface area contributed by atoms with Crippen LogP contribution in [-0.4, -0.2) is 25.2 Å². The molecule has 2 heterocycles. The molecule has 8 heteroatoms. The molecule has 106 valence electrons. The minimum Gasteiger partial charge on any atom is -0.264 e. The Labute approximate surface area is 129 Å². The number of hydrogen-bond acceptors (Lipinski definition) is 4. The summed E-state index contributed by atoms with van der Waals surface area (Å²) in [6, 6.07) is 6.44. The fraction of sp³-hybridized carbons (Fsp3) is 0.0769. The minimum absolute atomic E-state index is 0.0823. The van der Waals surface area contributed by atoms with Crippen LogP contribution in [0.1, 0.15) is 5.56 Å². The Morgan fingerprint density at radius 3 is 2.76 bits per heavy atom. The van der Waals surface area contributed by atoms with Crippen molar-refractivity contribution in [3.05, 3.63) is 58.1 Å². The second-order valence-electron chi connectivity index (χ2n) is 4.24. The van der Waals surface area contributed by atoms with Gasteiger partial charge in [-0.15, -0.1) is 5.10 Å². The summed E-state index contributed by atoms with van der Waals surface area (Å²) in [6.07, 6.45) is 3.39. The predicted octanol–water partition coefficient (Wildman–Crippen LogP) is 3.23. The molecule has 0 atom stereocenters. The van der Waals surface area contributed by atoms with E-state index in [9.17, 15) is 4.39 Å². The Balaban J connectivity index is 2.02. The van der Waals surface area contributed by atoms with Gasteiger partial charge in [0.25, 0.3) is 0 Å². The second kappa shape index (κ2) is 5.75. The lowest BCUT2D eigenvalue weighted by Gasteiger charge is -2.07. The second-order valence-corrected chi connectivity index (χ2v) is 5.00. The average Bonchev–Trinajstić information content (AvgIpc) is 2.94. The lowest BCUT2D eigenvalue weighted by molar-refractivity contribution is 0.628. The van der Waals surface area contributed by atoms with E-state index in [2.05, 4.69) is 20.5 Å². The monoisotopic (exact) mass is 323 g/mol. The molecule has 0 fully saturated rings. The van der Waals surface area contributed by atoms with Crippen molar-refractivity contribution in [2.24, 2.45) is 0 Å². The van der Waals surface area contributed by atoms with Gasteiger partial charge in [0, 0.05) is 18.0 Å². The molecule has 0 spiro atoms. The van der Waals surface area contributed by atoms with Crippen LogP contribution in [0, 0.1) is 5.82 Å². The van der Waals surface area contributed by atoms with Crippen molar-refractivity contribution >= 4 is 23.2 Å². The molecule has 0 aliphatic heterocycles. The molecule has 3 aromatic rings. The first-order valence-corrected chi connectivity index (χ1v) is 6.71. The van der Waals surface area contributed by atoms with E-state index < -0.39 is 5.82 Å². The van der Waals surface area contributed by atoms with Crippen molar-refractivity contribution in [2.45, 2.75) is 6.54 Å². The van der Waals surface area contributed by atoms with Gasteiger partial charge < -0.3 is 0 Å². The molecular weight excluding hydrogens is 316 g/mol. The van der Waals surface area contributed by atoms with Crippen molar-refractivity contribution in [3.63, 3.8) is 0 Å². The zero-order valence-electron chi connectivity index (χ0n) is 10.5. The molecular formula is C13H8Cl2FN5. The molecule has 1 aromatic carbocycles. The molecule has 3 rings (SSSR count). The van der Waals surface area contributed by atoms with Crippen molar-refractivity contribution < 1.29 is 4.39 Å². The van der Waals surface area contributed by atoms with Gasteiger partial charge in [0.05, 0.1) is 16.6 Å². The number of rotatable bonds is 3. The van der Waals surface area contributed by atoms with Gasteiger partial charge in [-0.25, -0.2) is 9.07 Å². The third kappa shape index (κ3) is 2.72. The SMILES string of the molecule is Fc1ccc(-c2nnnn2Cc2cccnc2)c(Cl)c1Cl. The predicted molar refractivity (Wildman–Crippen MR) is 76.6 cm³/mol. The molecule has 21 heavy (non-hydrogen) atoms. The van der Waals surface area contributed by atoms with E-state index in [0.717, 1.165) is 5.56 Å². The fourth-order valence-electron chi connectivity index (χ4n) is 1.87. The molecule has 0 saturated heterocycles. The zero-order valence-corrected chi connectivity index (χ0v) is 12.1. The van der Waals surface area contributed by atoms with Crippen LogP contribution in [0.4, 0.5) is 4.39 Å². The van der Waals surface area contributed by atoms with Crippen LogP contribution >= 0.6 is 23.2 Å². The summed E-state index contributed by atoms with van der Waals surface area (Å²) in [5.74, 6) is -0.178. The van der Waals surface area contributed by atoms with Crippen molar-refractivity contribution in [1.82, 2.24) is 25.2 Å². The van der Waals surface area contributed by atoms with E-state index >= 15 is 0 Å². The molecule has 0 aliphatic rings. The van der Waals surface area contributed by atoms with Crippen molar-refractivity contribution in [1.29, 1.82) is 0 Å². The third-order valence-electron chi connectivity index (χ3n) is 2.86. The van der Waals surface area contributed by atoms with E-state index in [0.29, 0.717) is 17.9 Å². The number of tetrazole rings is 1. The van der Waals surface area contributed by atoms with Gasteiger partial charge in [-0.1, -0.05) is 29.3 Å². The van der Waals surface area contributed by atoms with Crippen LogP contribution in [-0.2, 0) is 6.54 Å². The zero-order chi connectivity index (χ0) is 14.8. The molecule has 0 amide bonds. The summed E-state index contributed by atoms with van der Waals surface area (Å²) in [6.45, 7) is 0.418. The van der Waals surface area contributed by atoms with Gasteiger partial charge >= 0.3 is 0 Å². The highest BCUT2D eigenvalue weighted by molar-refractivity contribution is 6.43. The molecule has 0 radical (unpaired) electrons. The summed E-state index contributed by atoms with van der Waals surface area (Å²) in [5, 5.41) is 11.4. The Kier molecular flexibility index (Phi) is 3.81. The standard InChI is InChI=1S/C13H8Cl2FN5/c14-11-9(3-4-10(16)12(11)15)13-18-19-20-21(13)7-8-2-1-5-17-6-8/h1-6H,7H2. The Bertz CT molecular complexity index is 775.